The molecule has 0 unspecified atom stereocenters. The predicted octanol–water partition coefficient (Wildman–Crippen LogP) is 2.68. The van der Waals surface area contributed by atoms with E-state index in [0.717, 1.165) is 41.8 Å². The zero-order valence-electron chi connectivity index (χ0n) is 11.9. The molecule has 1 aliphatic rings. The van der Waals surface area contributed by atoms with Crippen molar-refractivity contribution in [3.8, 4) is 5.75 Å². The number of nitrogens with zero attached hydrogens (tertiary/aromatic N) is 1. The summed E-state index contributed by atoms with van der Waals surface area (Å²) < 4.78 is 11.2. The second-order valence-electron chi connectivity index (χ2n) is 5.04. The van der Waals surface area contributed by atoms with Gasteiger partial charge in [0.25, 0.3) is 0 Å². The van der Waals surface area contributed by atoms with Gasteiger partial charge in [0.2, 0.25) is 0 Å². The smallest absolute Gasteiger partial charge is 0.308 e. The third kappa shape index (κ3) is 3.85. The molecule has 2 rings (SSSR count). The molecule has 5 heteroatoms. The Balaban J connectivity index is 1.89. The SMILES string of the molecule is COC(=O)C1CCN(Cc2ccc(OC)c(I)c2)CC1. The maximum atomic E-state index is 11.5. The number of carbonyl (C=O) groups excluding carboxylic acids is 1. The molecule has 20 heavy (non-hydrogen) atoms. The van der Waals surface area contributed by atoms with Gasteiger partial charge in [0, 0.05) is 6.54 Å². The summed E-state index contributed by atoms with van der Waals surface area (Å²) in [5.41, 5.74) is 1.28. The minimum Gasteiger partial charge on any atom is -0.496 e. The van der Waals surface area contributed by atoms with Gasteiger partial charge in [0.05, 0.1) is 23.7 Å². The van der Waals surface area contributed by atoms with E-state index < -0.39 is 0 Å². The number of esters is 1. The van der Waals surface area contributed by atoms with Crippen LogP contribution in [0.4, 0.5) is 0 Å². The molecule has 1 aliphatic heterocycles. The zero-order chi connectivity index (χ0) is 14.5. The number of hydrogen-bond donors (Lipinski definition) is 0. The van der Waals surface area contributed by atoms with Gasteiger partial charge in [-0.25, -0.2) is 0 Å². The summed E-state index contributed by atoms with van der Waals surface area (Å²) in [6.45, 7) is 2.82. The Morgan fingerprint density at radius 2 is 2.05 bits per heavy atom. The molecule has 0 atom stereocenters. The molecule has 0 spiro atoms. The lowest BCUT2D eigenvalue weighted by Crippen LogP contribution is -2.36. The summed E-state index contributed by atoms with van der Waals surface area (Å²) in [4.78, 5) is 13.9. The molecule has 0 N–H and O–H groups in total. The molecule has 110 valence electrons. The van der Waals surface area contributed by atoms with Crippen LogP contribution in [0.2, 0.25) is 0 Å². The second-order valence-corrected chi connectivity index (χ2v) is 6.20. The van der Waals surface area contributed by atoms with E-state index in [-0.39, 0.29) is 11.9 Å². The molecule has 0 radical (unpaired) electrons. The summed E-state index contributed by atoms with van der Waals surface area (Å²) in [5.74, 6) is 0.926. The molecule has 0 amide bonds. The standard InChI is InChI=1S/C15H20INO3/c1-19-14-4-3-11(9-13(14)16)10-17-7-5-12(6-8-17)15(18)20-2/h3-4,9,12H,5-8,10H2,1-2H3. The third-order valence-electron chi connectivity index (χ3n) is 3.74. The van der Waals surface area contributed by atoms with E-state index in [4.69, 9.17) is 9.47 Å². The average Bonchev–Trinajstić information content (AvgIpc) is 2.47. The lowest BCUT2D eigenvalue weighted by atomic mass is 9.96. The Bertz CT molecular complexity index is 470. The molecule has 0 aliphatic carbocycles. The quantitative estimate of drug-likeness (QED) is 0.587. The molecular formula is C15H20INO3. The number of hydrogen-bond acceptors (Lipinski definition) is 4. The van der Waals surface area contributed by atoms with Gasteiger partial charge in [0.15, 0.2) is 0 Å². The zero-order valence-corrected chi connectivity index (χ0v) is 14.1. The summed E-state index contributed by atoms with van der Waals surface area (Å²) in [5, 5.41) is 0. The highest BCUT2D eigenvalue weighted by Gasteiger charge is 2.25. The molecule has 0 aromatic heterocycles. The topological polar surface area (TPSA) is 38.8 Å². The number of rotatable bonds is 4. The van der Waals surface area contributed by atoms with E-state index in [9.17, 15) is 4.79 Å². The molecule has 1 aromatic rings. The number of ether oxygens (including phenoxy) is 2. The highest BCUT2D eigenvalue weighted by molar-refractivity contribution is 14.1. The van der Waals surface area contributed by atoms with E-state index >= 15 is 0 Å². The van der Waals surface area contributed by atoms with Crippen molar-refractivity contribution in [2.45, 2.75) is 19.4 Å². The molecule has 1 heterocycles. The van der Waals surface area contributed by atoms with Crippen molar-refractivity contribution in [3.63, 3.8) is 0 Å². The Labute approximate surface area is 133 Å². The fraction of sp³-hybridized carbons (Fsp3) is 0.533. The van der Waals surface area contributed by atoms with Gasteiger partial charge in [0.1, 0.15) is 5.75 Å². The number of benzene rings is 1. The lowest BCUT2D eigenvalue weighted by Gasteiger charge is -2.30. The van der Waals surface area contributed by atoms with Gasteiger partial charge in [-0.1, -0.05) is 6.07 Å². The number of methoxy groups -OCH3 is 2. The first-order chi connectivity index (χ1) is 9.63. The lowest BCUT2D eigenvalue weighted by molar-refractivity contribution is -0.147. The normalized spacial score (nSPS) is 16.9. The fourth-order valence-corrected chi connectivity index (χ4v) is 3.36. The van der Waals surface area contributed by atoms with E-state index in [1.165, 1.54) is 12.7 Å². The van der Waals surface area contributed by atoms with Crippen LogP contribution in [-0.4, -0.2) is 38.2 Å². The van der Waals surface area contributed by atoms with Crippen LogP contribution in [0.5, 0.6) is 5.75 Å². The molecule has 1 saturated heterocycles. The van der Waals surface area contributed by atoms with Crippen molar-refractivity contribution >= 4 is 28.6 Å². The minimum absolute atomic E-state index is 0.0661. The Morgan fingerprint density at radius 3 is 2.60 bits per heavy atom. The van der Waals surface area contributed by atoms with Crippen molar-refractivity contribution in [1.29, 1.82) is 0 Å². The van der Waals surface area contributed by atoms with Gasteiger partial charge in [-0.3, -0.25) is 9.69 Å². The molecule has 1 aromatic carbocycles. The number of halogens is 1. The van der Waals surface area contributed by atoms with Crippen molar-refractivity contribution in [2.75, 3.05) is 27.3 Å². The Hall–Kier alpha value is -0.820. The average molecular weight is 389 g/mol. The highest BCUT2D eigenvalue weighted by Crippen LogP contribution is 2.24. The monoisotopic (exact) mass is 389 g/mol. The van der Waals surface area contributed by atoms with Crippen LogP contribution < -0.4 is 4.74 Å². The van der Waals surface area contributed by atoms with Crippen LogP contribution in [0.1, 0.15) is 18.4 Å². The van der Waals surface area contributed by atoms with E-state index in [1.54, 1.807) is 7.11 Å². The van der Waals surface area contributed by atoms with E-state index in [0.29, 0.717) is 0 Å². The molecule has 4 nitrogen and oxygen atoms in total. The first-order valence-electron chi connectivity index (χ1n) is 6.76. The number of piperidine rings is 1. The summed E-state index contributed by atoms with van der Waals surface area (Å²) >= 11 is 2.29. The fourth-order valence-electron chi connectivity index (χ4n) is 2.56. The first-order valence-corrected chi connectivity index (χ1v) is 7.84. The Kier molecular flexibility index (Phi) is 5.65. The number of likely N-dealkylation sites (tertiary alicyclic amines) is 1. The van der Waals surface area contributed by atoms with Crippen molar-refractivity contribution < 1.29 is 14.3 Å². The van der Waals surface area contributed by atoms with Gasteiger partial charge >= 0.3 is 5.97 Å². The number of carbonyl (C=O) groups is 1. The van der Waals surface area contributed by atoms with Crippen LogP contribution >= 0.6 is 22.6 Å². The van der Waals surface area contributed by atoms with E-state index in [1.807, 2.05) is 6.07 Å². The van der Waals surface area contributed by atoms with Crippen molar-refractivity contribution in [2.24, 2.45) is 5.92 Å². The Morgan fingerprint density at radius 1 is 1.35 bits per heavy atom. The largest absolute Gasteiger partial charge is 0.496 e. The van der Waals surface area contributed by atoms with Gasteiger partial charge < -0.3 is 9.47 Å². The minimum atomic E-state index is -0.0661. The second kappa shape index (κ2) is 7.26. The highest BCUT2D eigenvalue weighted by atomic mass is 127. The van der Waals surface area contributed by atoms with Crippen LogP contribution in [0.25, 0.3) is 0 Å². The van der Waals surface area contributed by atoms with Gasteiger partial charge in [-0.15, -0.1) is 0 Å². The maximum absolute atomic E-state index is 11.5. The van der Waals surface area contributed by atoms with Crippen molar-refractivity contribution in [1.82, 2.24) is 4.90 Å². The molecule has 0 bridgehead atoms. The van der Waals surface area contributed by atoms with E-state index in [2.05, 4.69) is 39.6 Å². The van der Waals surface area contributed by atoms with Gasteiger partial charge in [-0.05, 0) is 66.2 Å². The van der Waals surface area contributed by atoms with Crippen LogP contribution in [0.3, 0.4) is 0 Å². The summed E-state index contributed by atoms with van der Waals surface area (Å²) in [7, 11) is 3.16. The summed E-state index contributed by atoms with van der Waals surface area (Å²) in [6, 6.07) is 6.28. The molecule has 0 saturated carbocycles. The van der Waals surface area contributed by atoms with Crippen molar-refractivity contribution in [3.05, 3.63) is 27.3 Å². The molecule has 1 fully saturated rings. The van der Waals surface area contributed by atoms with Gasteiger partial charge in [-0.2, -0.15) is 0 Å². The van der Waals surface area contributed by atoms with Crippen LogP contribution in [0, 0.1) is 9.49 Å². The molecular weight excluding hydrogens is 369 g/mol. The summed E-state index contributed by atoms with van der Waals surface area (Å²) in [6.07, 6.45) is 1.78. The predicted molar refractivity (Wildman–Crippen MR) is 85.7 cm³/mol. The maximum Gasteiger partial charge on any atom is 0.308 e. The van der Waals surface area contributed by atoms with Crippen LogP contribution in [-0.2, 0) is 16.1 Å². The first kappa shape index (κ1) is 15.6. The third-order valence-corrected chi connectivity index (χ3v) is 4.59. The van der Waals surface area contributed by atoms with Crippen LogP contribution in [0.15, 0.2) is 18.2 Å².